The highest BCUT2D eigenvalue weighted by molar-refractivity contribution is 5.91. The Balaban J connectivity index is 1.29. The lowest BCUT2D eigenvalue weighted by atomic mass is 10.1. The number of hydrogen-bond donors (Lipinski definition) is 1. The van der Waals surface area contributed by atoms with Crippen molar-refractivity contribution in [2.75, 3.05) is 32.6 Å². The lowest BCUT2D eigenvalue weighted by Gasteiger charge is -2.38. The topological polar surface area (TPSA) is 90.7 Å². The van der Waals surface area contributed by atoms with E-state index in [0.29, 0.717) is 36.9 Å². The number of rotatable bonds is 7. The number of methoxy groups -OCH3 is 2. The zero-order chi connectivity index (χ0) is 20.9. The van der Waals surface area contributed by atoms with Gasteiger partial charge in [0.2, 0.25) is 0 Å². The van der Waals surface area contributed by atoms with E-state index in [4.69, 9.17) is 14.2 Å². The number of urea groups is 1. The Morgan fingerprint density at radius 3 is 2.63 bits per heavy atom. The molecule has 2 heterocycles. The Labute approximate surface area is 174 Å². The molecule has 1 aliphatic heterocycles. The molecule has 0 spiro atoms. The Hall–Kier alpha value is -3.75. The highest BCUT2D eigenvalue weighted by Crippen LogP contribution is 2.30. The number of likely N-dealkylation sites (tertiary alicyclic amines) is 1. The number of benzene rings is 2. The zero-order valence-corrected chi connectivity index (χ0v) is 16.8. The van der Waals surface area contributed by atoms with Gasteiger partial charge in [0.25, 0.3) is 0 Å². The predicted octanol–water partition coefficient (Wildman–Crippen LogP) is 2.96. The Kier molecular flexibility index (Phi) is 5.69. The number of anilines is 1. The van der Waals surface area contributed by atoms with Crippen LogP contribution in [0.25, 0.3) is 0 Å². The van der Waals surface area contributed by atoms with Gasteiger partial charge in [-0.2, -0.15) is 0 Å². The average Bonchev–Trinajstić information content (AvgIpc) is 3.20. The van der Waals surface area contributed by atoms with E-state index in [1.807, 2.05) is 36.5 Å². The summed E-state index contributed by atoms with van der Waals surface area (Å²) >= 11 is 0. The van der Waals surface area contributed by atoms with Crippen LogP contribution in [-0.2, 0) is 6.61 Å². The molecule has 1 aromatic heterocycles. The first-order valence-corrected chi connectivity index (χ1v) is 9.53. The second-order valence-corrected chi connectivity index (χ2v) is 6.85. The van der Waals surface area contributed by atoms with Crippen molar-refractivity contribution < 1.29 is 19.0 Å². The number of para-hydroxylation sites is 1. The van der Waals surface area contributed by atoms with Crippen LogP contribution in [0.1, 0.15) is 11.7 Å². The molecule has 0 bridgehead atoms. The molecule has 4 rings (SSSR count). The number of amides is 2. The minimum absolute atomic E-state index is 0.0893. The number of ether oxygens (including phenoxy) is 3. The summed E-state index contributed by atoms with van der Waals surface area (Å²) < 4.78 is 18.0. The fourth-order valence-electron chi connectivity index (χ4n) is 3.12. The van der Waals surface area contributed by atoms with Gasteiger partial charge in [-0.15, -0.1) is 5.10 Å². The van der Waals surface area contributed by atoms with Gasteiger partial charge < -0.3 is 24.4 Å². The number of nitrogens with one attached hydrogen (secondary N) is 1. The molecule has 1 saturated heterocycles. The van der Waals surface area contributed by atoms with E-state index in [9.17, 15) is 4.79 Å². The maximum absolute atomic E-state index is 12.5. The average molecular weight is 409 g/mol. The fraction of sp³-hybridized carbons (Fsp3) is 0.286. The summed E-state index contributed by atoms with van der Waals surface area (Å²) in [5.41, 5.74) is 1.33. The minimum Gasteiger partial charge on any atom is -0.497 e. The highest BCUT2D eigenvalue weighted by atomic mass is 16.5. The molecular formula is C21H23N5O4. The fourth-order valence-corrected chi connectivity index (χ4v) is 3.12. The van der Waals surface area contributed by atoms with Crippen LogP contribution in [0.3, 0.4) is 0 Å². The van der Waals surface area contributed by atoms with Gasteiger partial charge in [-0.1, -0.05) is 23.4 Å². The van der Waals surface area contributed by atoms with Crippen molar-refractivity contribution in [2.45, 2.75) is 12.6 Å². The van der Waals surface area contributed by atoms with Crippen LogP contribution >= 0.6 is 0 Å². The largest absolute Gasteiger partial charge is 0.497 e. The molecule has 0 saturated carbocycles. The normalized spacial score (nSPS) is 13.5. The molecule has 1 N–H and O–H groups in total. The molecule has 30 heavy (non-hydrogen) atoms. The molecule has 0 aliphatic carbocycles. The van der Waals surface area contributed by atoms with E-state index in [-0.39, 0.29) is 12.1 Å². The molecule has 2 aromatic carbocycles. The van der Waals surface area contributed by atoms with Gasteiger partial charge in [0.15, 0.2) is 0 Å². The molecule has 0 atom stereocenters. The van der Waals surface area contributed by atoms with E-state index >= 15 is 0 Å². The number of hydrogen-bond acceptors (Lipinski definition) is 6. The van der Waals surface area contributed by atoms with Gasteiger partial charge in [0.05, 0.1) is 32.1 Å². The third-order valence-corrected chi connectivity index (χ3v) is 4.86. The SMILES string of the molecule is COc1ccc(NC(=O)N2CC(n3cc(COc4ccccc4)nn3)C2)c(OC)c1. The number of carbonyl (C=O) groups is 1. The lowest BCUT2D eigenvalue weighted by molar-refractivity contribution is 0.127. The monoisotopic (exact) mass is 409 g/mol. The van der Waals surface area contributed by atoms with E-state index < -0.39 is 0 Å². The van der Waals surface area contributed by atoms with Gasteiger partial charge in [-0.25, -0.2) is 9.48 Å². The van der Waals surface area contributed by atoms with Crippen LogP contribution in [0.5, 0.6) is 17.2 Å². The van der Waals surface area contributed by atoms with E-state index in [2.05, 4.69) is 15.6 Å². The van der Waals surface area contributed by atoms with E-state index in [1.165, 1.54) is 0 Å². The summed E-state index contributed by atoms with van der Waals surface area (Å²) in [5, 5.41) is 11.2. The molecule has 1 aliphatic rings. The second-order valence-electron chi connectivity index (χ2n) is 6.85. The van der Waals surface area contributed by atoms with Crippen molar-refractivity contribution in [3.63, 3.8) is 0 Å². The number of carbonyl (C=O) groups excluding carboxylic acids is 1. The summed E-state index contributed by atoms with van der Waals surface area (Å²) in [7, 11) is 3.13. The third-order valence-electron chi connectivity index (χ3n) is 4.86. The Bertz CT molecular complexity index is 1000. The molecule has 9 heteroatoms. The zero-order valence-electron chi connectivity index (χ0n) is 16.8. The summed E-state index contributed by atoms with van der Waals surface area (Å²) in [6.45, 7) is 1.44. The van der Waals surface area contributed by atoms with Crippen molar-refractivity contribution in [3.8, 4) is 17.2 Å². The number of aromatic nitrogens is 3. The van der Waals surface area contributed by atoms with Crippen LogP contribution in [0, 0.1) is 0 Å². The Morgan fingerprint density at radius 2 is 1.90 bits per heavy atom. The molecule has 0 unspecified atom stereocenters. The quantitative estimate of drug-likeness (QED) is 0.645. The van der Waals surface area contributed by atoms with Crippen LogP contribution in [0.4, 0.5) is 10.5 Å². The smallest absolute Gasteiger partial charge is 0.322 e. The van der Waals surface area contributed by atoms with Gasteiger partial charge >= 0.3 is 6.03 Å². The van der Waals surface area contributed by atoms with E-state index in [0.717, 1.165) is 11.4 Å². The van der Waals surface area contributed by atoms with Crippen LogP contribution in [0.2, 0.25) is 0 Å². The Morgan fingerprint density at radius 1 is 1.10 bits per heavy atom. The predicted molar refractivity (Wildman–Crippen MR) is 110 cm³/mol. The standard InChI is InChI=1S/C21H23N5O4/c1-28-18-8-9-19(20(10-18)29-2)22-21(27)25-12-16(13-25)26-11-15(23-24-26)14-30-17-6-4-3-5-7-17/h3-11,16H,12-14H2,1-2H3,(H,22,27). The molecule has 9 nitrogen and oxygen atoms in total. The van der Waals surface area contributed by atoms with Crippen molar-refractivity contribution >= 4 is 11.7 Å². The first kappa shape index (κ1) is 19.6. The highest BCUT2D eigenvalue weighted by Gasteiger charge is 2.33. The maximum atomic E-state index is 12.5. The van der Waals surface area contributed by atoms with Crippen LogP contribution in [-0.4, -0.2) is 53.2 Å². The summed E-state index contributed by atoms with van der Waals surface area (Å²) in [6, 6.07) is 14.7. The molecule has 1 fully saturated rings. The van der Waals surface area contributed by atoms with Crippen molar-refractivity contribution in [1.82, 2.24) is 19.9 Å². The van der Waals surface area contributed by atoms with E-state index in [1.54, 1.807) is 42.0 Å². The lowest BCUT2D eigenvalue weighted by Crippen LogP contribution is -2.52. The van der Waals surface area contributed by atoms with Gasteiger partial charge in [0.1, 0.15) is 29.5 Å². The maximum Gasteiger partial charge on any atom is 0.322 e. The van der Waals surface area contributed by atoms with Crippen molar-refractivity contribution in [1.29, 1.82) is 0 Å². The molecule has 0 radical (unpaired) electrons. The minimum atomic E-state index is -0.192. The van der Waals surface area contributed by atoms with Crippen molar-refractivity contribution in [3.05, 3.63) is 60.4 Å². The van der Waals surface area contributed by atoms with Gasteiger partial charge in [0, 0.05) is 19.2 Å². The molecule has 2 amide bonds. The van der Waals surface area contributed by atoms with Gasteiger partial charge in [-0.3, -0.25) is 0 Å². The van der Waals surface area contributed by atoms with Gasteiger partial charge in [-0.05, 0) is 24.3 Å². The van der Waals surface area contributed by atoms with Crippen LogP contribution in [0.15, 0.2) is 54.7 Å². The number of nitrogens with zero attached hydrogens (tertiary/aromatic N) is 4. The molecular weight excluding hydrogens is 386 g/mol. The van der Waals surface area contributed by atoms with Crippen molar-refractivity contribution in [2.24, 2.45) is 0 Å². The summed E-state index contributed by atoms with van der Waals surface area (Å²) in [6.07, 6.45) is 1.86. The molecule has 156 valence electrons. The van der Waals surface area contributed by atoms with Crippen LogP contribution < -0.4 is 19.5 Å². The first-order chi connectivity index (χ1) is 14.7. The summed E-state index contributed by atoms with van der Waals surface area (Å²) in [4.78, 5) is 14.2. The third kappa shape index (κ3) is 4.29. The molecule has 3 aromatic rings. The summed E-state index contributed by atoms with van der Waals surface area (Å²) in [5.74, 6) is 1.98. The second kappa shape index (κ2) is 8.73. The first-order valence-electron chi connectivity index (χ1n) is 9.53.